The predicted octanol–water partition coefficient (Wildman–Crippen LogP) is 13.8. The molecule has 10 rings (SSSR count). The molecule has 0 radical (unpaired) electrons. The first-order valence-corrected chi connectivity index (χ1v) is 17.1. The van der Waals surface area contributed by atoms with Crippen LogP contribution in [-0.2, 0) is 0 Å². The Bertz CT molecular complexity index is 2870. The lowest BCUT2D eigenvalue weighted by atomic mass is 9.94. The van der Waals surface area contributed by atoms with Gasteiger partial charge in [-0.15, -0.1) is 0 Å². The molecule has 1 aromatic heterocycles. The summed E-state index contributed by atoms with van der Waals surface area (Å²) >= 11 is 0. The summed E-state index contributed by atoms with van der Waals surface area (Å²) in [7, 11) is 0. The molecular weight excluding hydrogens is 607 g/mol. The molecule has 10 aromatic rings. The third-order valence-corrected chi connectivity index (χ3v) is 10.0. The molecule has 0 aliphatic heterocycles. The maximum Gasteiger partial charge on any atom is 0.135 e. The molecule has 234 valence electrons. The Kier molecular flexibility index (Phi) is 6.53. The summed E-state index contributed by atoms with van der Waals surface area (Å²) in [5.74, 6) is 0. The molecule has 2 nitrogen and oxygen atoms in total. The van der Waals surface area contributed by atoms with Crippen molar-refractivity contribution in [1.82, 2.24) is 0 Å². The van der Waals surface area contributed by atoms with Gasteiger partial charge in [-0.1, -0.05) is 133 Å². The maximum absolute atomic E-state index is 6.20. The molecule has 0 bridgehead atoms. The zero-order valence-electron chi connectivity index (χ0n) is 27.3. The van der Waals surface area contributed by atoms with Crippen molar-refractivity contribution < 1.29 is 4.42 Å². The van der Waals surface area contributed by atoms with Crippen molar-refractivity contribution in [3.63, 3.8) is 0 Å². The van der Waals surface area contributed by atoms with Gasteiger partial charge in [-0.05, 0) is 109 Å². The van der Waals surface area contributed by atoms with Crippen molar-refractivity contribution in [2.45, 2.75) is 0 Å². The molecular formula is C48H31NO. The molecule has 1 heterocycles. The second kappa shape index (κ2) is 11.5. The fraction of sp³-hybridized carbons (Fsp3) is 0. The van der Waals surface area contributed by atoms with Gasteiger partial charge in [-0.2, -0.15) is 0 Å². The lowest BCUT2D eigenvalue weighted by Crippen LogP contribution is -2.10. The fourth-order valence-electron chi connectivity index (χ4n) is 7.56. The summed E-state index contributed by atoms with van der Waals surface area (Å²) < 4.78 is 6.20. The Labute approximate surface area is 290 Å². The average Bonchev–Trinajstić information content (AvgIpc) is 3.56. The van der Waals surface area contributed by atoms with Gasteiger partial charge in [0.2, 0.25) is 0 Å². The third kappa shape index (κ3) is 4.73. The van der Waals surface area contributed by atoms with Crippen LogP contribution in [0.5, 0.6) is 0 Å². The molecule has 2 heteroatoms. The van der Waals surface area contributed by atoms with E-state index in [0.29, 0.717) is 0 Å². The number of rotatable bonds is 5. The second-order valence-electron chi connectivity index (χ2n) is 13.0. The Morgan fingerprint density at radius 2 is 0.860 bits per heavy atom. The summed E-state index contributed by atoms with van der Waals surface area (Å²) in [5, 5.41) is 9.88. The van der Waals surface area contributed by atoms with Gasteiger partial charge < -0.3 is 9.32 Å². The Morgan fingerprint density at radius 1 is 0.280 bits per heavy atom. The van der Waals surface area contributed by atoms with Gasteiger partial charge >= 0.3 is 0 Å². The van der Waals surface area contributed by atoms with E-state index in [1.165, 1.54) is 54.6 Å². The highest BCUT2D eigenvalue weighted by molar-refractivity contribution is 6.17. The molecule has 0 N–H and O–H groups in total. The molecule has 0 fully saturated rings. The second-order valence-corrected chi connectivity index (χ2v) is 13.0. The molecule has 0 saturated carbocycles. The van der Waals surface area contributed by atoms with E-state index < -0.39 is 0 Å². The van der Waals surface area contributed by atoms with E-state index in [4.69, 9.17) is 4.42 Å². The number of hydrogen-bond acceptors (Lipinski definition) is 2. The molecule has 0 spiro atoms. The van der Waals surface area contributed by atoms with Crippen molar-refractivity contribution in [1.29, 1.82) is 0 Å². The van der Waals surface area contributed by atoms with Crippen LogP contribution in [0.2, 0.25) is 0 Å². The van der Waals surface area contributed by atoms with Crippen molar-refractivity contribution in [2.24, 2.45) is 0 Å². The van der Waals surface area contributed by atoms with Crippen LogP contribution in [-0.4, -0.2) is 0 Å². The summed E-state index contributed by atoms with van der Waals surface area (Å²) in [5.41, 5.74) is 9.80. The number of furan rings is 1. The minimum atomic E-state index is 0.889. The van der Waals surface area contributed by atoms with Crippen LogP contribution >= 0.6 is 0 Å². The van der Waals surface area contributed by atoms with Crippen molar-refractivity contribution >= 4 is 71.3 Å². The number of anilines is 3. The molecule has 0 aliphatic rings. The summed E-state index contributed by atoms with van der Waals surface area (Å²) in [6, 6.07) is 67.6. The SMILES string of the molecule is c1ccc(-c2cccc(N(c3ccc(-c4ccc5ccc6c7ccccc7ccc6c5c4)cc3)c3ccc4oc5ccccc5c4c3)c2)cc1. The Morgan fingerprint density at radius 3 is 1.72 bits per heavy atom. The predicted molar refractivity (Wildman–Crippen MR) is 212 cm³/mol. The Hall–Kier alpha value is -6.64. The van der Waals surface area contributed by atoms with Gasteiger partial charge in [0.25, 0.3) is 0 Å². The van der Waals surface area contributed by atoms with Crippen molar-refractivity contribution in [2.75, 3.05) is 4.90 Å². The van der Waals surface area contributed by atoms with Gasteiger partial charge in [0.1, 0.15) is 11.2 Å². The summed E-state index contributed by atoms with van der Waals surface area (Å²) in [6.07, 6.45) is 0. The lowest BCUT2D eigenvalue weighted by Gasteiger charge is -2.26. The average molecular weight is 638 g/mol. The zero-order chi connectivity index (χ0) is 33.0. The van der Waals surface area contributed by atoms with Crippen LogP contribution in [0.25, 0.3) is 76.5 Å². The van der Waals surface area contributed by atoms with Gasteiger partial charge in [0.05, 0.1) is 0 Å². The van der Waals surface area contributed by atoms with Crippen LogP contribution < -0.4 is 4.90 Å². The quantitative estimate of drug-likeness (QED) is 0.175. The lowest BCUT2D eigenvalue weighted by molar-refractivity contribution is 0.669. The topological polar surface area (TPSA) is 16.4 Å². The Balaban J connectivity index is 1.10. The number of nitrogens with zero attached hydrogens (tertiary/aromatic N) is 1. The number of hydrogen-bond donors (Lipinski definition) is 0. The van der Waals surface area contributed by atoms with Gasteiger partial charge in [-0.25, -0.2) is 0 Å². The highest BCUT2D eigenvalue weighted by Crippen LogP contribution is 2.41. The van der Waals surface area contributed by atoms with E-state index in [2.05, 4.69) is 181 Å². The number of benzene rings is 9. The minimum absolute atomic E-state index is 0.889. The van der Waals surface area contributed by atoms with Crippen LogP contribution in [0.1, 0.15) is 0 Å². The first kappa shape index (κ1) is 28.4. The van der Waals surface area contributed by atoms with E-state index in [1.54, 1.807) is 0 Å². The molecule has 9 aromatic carbocycles. The molecule has 0 atom stereocenters. The standard InChI is InChI=1S/C48H31NO/c1-2-9-32(10-3-1)36-12-8-13-39(29-36)49(40-25-28-48-46(31-40)44-15-6-7-16-47(44)50-48)38-23-19-33(20-24-38)37-18-17-35-22-26-42-41-14-5-4-11-34(41)21-27-43(42)45(35)30-37/h1-31H. The van der Waals surface area contributed by atoms with Crippen LogP contribution in [0, 0.1) is 0 Å². The normalized spacial score (nSPS) is 11.6. The minimum Gasteiger partial charge on any atom is -0.456 e. The van der Waals surface area contributed by atoms with E-state index in [-0.39, 0.29) is 0 Å². The van der Waals surface area contributed by atoms with Gasteiger partial charge in [0, 0.05) is 27.8 Å². The largest absolute Gasteiger partial charge is 0.456 e. The van der Waals surface area contributed by atoms with Crippen molar-refractivity contribution in [3.8, 4) is 22.3 Å². The van der Waals surface area contributed by atoms with E-state index in [1.807, 2.05) is 12.1 Å². The number of fused-ring (bicyclic) bond motifs is 8. The zero-order valence-corrected chi connectivity index (χ0v) is 27.3. The van der Waals surface area contributed by atoms with Crippen molar-refractivity contribution in [3.05, 3.63) is 188 Å². The van der Waals surface area contributed by atoms with Crippen LogP contribution in [0.4, 0.5) is 17.1 Å². The highest BCUT2D eigenvalue weighted by Gasteiger charge is 2.17. The fourth-order valence-corrected chi connectivity index (χ4v) is 7.56. The maximum atomic E-state index is 6.20. The third-order valence-electron chi connectivity index (χ3n) is 10.0. The molecule has 0 unspecified atom stereocenters. The smallest absolute Gasteiger partial charge is 0.135 e. The molecule has 50 heavy (non-hydrogen) atoms. The first-order chi connectivity index (χ1) is 24.8. The summed E-state index contributed by atoms with van der Waals surface area (Å²) in [4.78, 5) is 2.34. The highest BCUT2D eigenvalue weighted by atomic mass is 16.3. The number of para-hydroxylation sites is 1. The molecule has 0 saturated heterocycles. The van der Waals surface area contributed by atoms with Crippen LogP contribution in [0.15, 0.2) is 192 Å². The molecule has 0 amide bonds. The monoisotopic (exact) mass is 637 g/mol. The van der Waals surface area contributed by atoms with E-state index >= 15 is 0 Å². The summed E-state index contributed by atoms with van der Waals surface area (Å²) in [6.45, 7) is 0. The van der Waals surface area contributed by atoms with E-state index in [9.17, 15) is 0 Å². The first-order valence-electron chi connectivity index (χ1n) is 17.1. The van der Waals surface area contributed by atoms with Crippen LogP contribution in [0.3, 0.4) is 0 Å². The van der Waals surface area contributed by atoms with E-state index in [0.717, 1.165) is 39.0 Å². The molecule has 0 aliphatic carbocycles. The van der Waals surface area contributed by atoms with Gasteiger partial charge in [0.15, 0.2) is 0 Å². The van der Waals surface area contributed by atoms with Gasteiger partial charge in [-0.3, -0.25) is 0 Å².